The fourth-order valence-electron chi connectivity index (χ4n) is 4.14. The number of β-amino-alcohol motifs (C(OH)–C–C–N with tert-alkyl or cyclic N) is 1. The van der Waals surface area contributed by atoms with Crippen molar-refractivity contribution < 1.29 is 5.11 Å². The fraction of sp³-hybridized carbons (Fsp3) is 0.750. The van der Waals surface area contributed by atoms with Crippen LogP contribution >= 0.6 is 11.6 Å². The minimum atomic E-state index is -0.180. The van der Waals surface area contributed by atoms with E-state index in [0.29, 0.717) is 0 Å². The summed E-state index contributed by atoms with van der Waals surface area (Å²) in [4.78, 5) is 4.75. The van der Waals surface area contributed by atoms with E-state index in [0.717, 1.165) is 56.3 Å². The molecule has 0 spiro atoms. The predicted molar refractivity (Wildman–Crippen MR) is 123 cm³/mol. The van der Waals surface area contributed by atoms with Gasteiger partial charge in [-0.05, 0) is 18.6 Å². The van der Waals surface area contributed by atoms with Gasteiger partial charge in [0.15, 0.2) is 0 Å². The fourth-order valence-corrected chi connectivity index (χ4v) is 4.39. The summed E-state index contributed by atoms with van der Waals surface area (Å²) in [5, 5.41) is 11.2. The Labute approximate surface area is 178 Å². The highest BCUT2D eigenvalue weighted by atomic mass is 35.5. The standard InChI is InChI=1S/C24H41ClN2O/c1-2-3-4-5-6-7-8-9-10-11-14-22(28)21-26-17-19-27(20-18-26)24-16-13-12-15-23(24)25/h12-13,15-16,22,28H,2-11,14,17-21H2,1H3. The molecule has 1 saturated heterocycles. The van der Waals surface area contributed by atoms with Crippen molar-refractivity contribution in [1.29, 1.82) is 0 Å². The number of benzene rings is 1. The number of unbranched alkanes of at least 4 members (excludes halogenated alkanes) is 9. The zero-order valence-electron chi connectivity index (χ0n) is 17.9. The van der Waals surface area contributed by atoms with Crippen LogP contribution in [0, 0.1) is 0 Å². The molecule has 1 aromatic rings. The lowest BCUT2D eigenvalue weighted by atomic mass is 10.0. The summed E-state index contributed by atoms with van der Waals surface area (Å²) >= 11 is 6.31. The average Bonchev–Trinajstić information content (AvgIpc) is 2.70. The molecule has 0 amide bonds. The summed E-state index contributed by atoms with van der Waals surface area (Å²) in [5.41, 5.74) is 1.13. The first kappa shape index (κ1) is 23.5. The van der Waals surface area contributed by atoms with Crippen molar-refractivity contribution >= 4 is 17.3 Å². The highest BCUT2D eigenvalue weighted by Gasteiger charge is 2.20. The molecule has 0 radical (unpaired) electrons. The van der Waals surface area contributed by atoms with Crippen molar-refractivity contribution in [3.8, 4) is 0 Å². The molecule has 0 saturated carbocycles. The summed E-state index contributed by atoms with van der Waals surface area (Å²) < 4.78 is 0. The third-order valence-corrected chi connectivity index (χ3v) is 6.24. The summed E-state index contributed by atoms with van der Waals surface area (Å²) in [7, 11) is 0. The molecule has 4 heteroatoms. The lowest BCUT2D eigenvalue weighted by Gasteiger charge is -2.37. The van der Waals surface area contributed by atoms with Crippen molar-refractivity contribution in [1.82, 2.24) is 4.90 Å². The molecule has 1 aromatic carbocycles. The maximum atomic E-state index is 10.4. The van der Waals surface area contributed by atoms with Crippen LogP contribution in [0.5, 0.6) is 0 Å². The SMILES string of the molecule is CCCCCCCCCCCCC(O)CN1CCN(c2ccccc2Cl)CC1. The quantitative estimate of drug-likeness (QED) is 0.375. The van der Waals surface area contributed by atoms with Crippen molar-refractivity contribution in [3.63, 3.8) is 0 Å². The van der Waals surface area contributed by atoms with E-state index in [2.05, 4.69) is 22.8 Å². The largest absolute Gasteiger partial charge is 0.392 e. The molecular weight excluding hydrogens is 368 g/mol. The van der Waals surface area contributed by atoms with Gasteiger partial charge < -0.3 is 10.0 Å². The van der Waals surface area contributed by atoms with Gasteiger partial charge in [0.1, 0.15) is 0 Å². The zero-order valence-corrected chi connectivity index (χ0v) is 18.7. The average molecular weight is 409 g/mol. The molecule has 2 rings (SSSR count). The molecule has 160 valence electrons. The first-order valence-corrected chi connectivity index (χ1v) is 12.0. The van der Waals surface area contributed by atoms with Crippen LogP contribution in [-0.2, 0) is 0 Å². The third kappa shape index (κ3) is 9.15. The van der Waals surface area contributed by atoms with Gasteiger partial charge >= 0.3 is 0 Å². The van der Waals surface area contributed by atoms with Gasteiger partial charge in [-0.1, -0.05) is 94.9 Å². The second-order valence-electron chi connectivity index (χ2n) is 8.36. The van der Waals surface area contributed by atoms with Crippen LogP contribution in [0.15, 0.2) is 24.3 Å². The van der Waals surface area contributed by atoms with Crippen LogP contribution in [0.3, 0.4) is 0 Å². The molecule has 0 aliphatic carbocycles. The molecule has 0 bridgehead atoms. The molecule has 1 N–H and O–H groups in total. The van der Waals surface area contributed by atoms with Crippen molar-refractivity contribution in [2.45, 2.75) is 83.7 Å². The number of hydrogen-bond donors (Lipinski definition) is 1. The van der Waals surface area contributed by atoms with Gasteiger partial charge in [0.25, 0.3) is 0 Å². The van der Waals surface area contributed by atoms with E-state index in [1.165, 1.54) is 57.8 Å². The molecular formula is C24H41ClN2O. The topological polar surface area (TPSA) is 26.7 Å². The summed E-state index contributed by atoms with van der Waals surface area (Å²) in [6, 6.07) is 8.08. The number of para-hydroxylation sites is 1. The van der Waals surface area contributed by atoms with Crippen molar-refractivity contribution in [2.75, 3.05) is 37.6 Å². The van der Waals surface area contributed by atoms with Crippen LogP contribution in [-0.4, -0.2) is 48.8 Å². The van der Waals surface area contributed by atoms with E-state index in [9.17, 15) is 5.11 Å². The minimum absolute atomic E-state index is 0.180. The maximum absolute atomic E-state index is 10.4. The molecule has 3 nitrogen and oxygen atoms in total. The van der Waals surface area contributed by atoms with Gasteiger partial charge in [0, 0.05) is 32.7 Å². The Kier molecular flexibility index (Phi) is 12.0. The number of aliphatic hydroxyl groups is 1. The summed E-state index contributed by atoms with van der Waals surface area (Å²) in [6.45, 7) is 7.05. The summed E-state index contributed by atoms with van der Waals surface area (Å²) in [5.74, 6) is 0. The molecule has 1 aliphatic heterocycles. The number of halogens is 1. The van der Waals surface area contributed by atoms with E-state index in [-0.39, 0.29) is 6.10 Å². The Bertz CT molecular complexity index is 517. The molecule has 1 fully saturated rings. The lowest BCUT2D eigenvalue weighted by molar-refractivity contribution is 0.0996. The second kappa shape index (κ2) is 14.3. The zero-order chi connectivity index (χ0) is 20.0. The first-order valence-electron chi connectivity index (χ1n) is 11.6. The molecule has 1 atom stereocenters. The van der Waals surface area contributed by atoms with E-state index < -0.39 is 0 Å². The van der Waals surface area contributed by atoms with Gasteiger partial charge in [-0.2, -0.15) is 0 Å². The van der Waals surface area contributed by atoms with E-state index in [4.69, 9.17) is 11.6 Å². The van der Waals surface area contributed by atoms with Crippen LogP contribution in [0.25, 0.3) is 0 Å². The van der Waals surface area contributed by atoms with Crippen LogP contribution in [0.2, 0.25) is 5.02 Å². The molecule has 28 heavy (non-hydrogen) atoms. The number of anilines is 1. The lowest BCUT2D eigenvalue weighted by Crippen LogP contribution is -2.48. The van der Waals surface area contributed by atoms with Gasteiger partial charge in [-0.3, -0.25) is 4.90 Å². The van der Waals surface area contributed by atoms with Gasteiger partial charge in [0.2, 0.25) is 0 Å². The third-order valence-electron chi connectivity index (χ3n) is 5.93. The minimum Gasteiger partial charge on any atom is -0.392 e. The normalized spacial score (nSPS) is 16.5. The second-order valence-corrected chi connectivity index (χ2v) is 8.77. The van der Waals surface area contributed by atoms with Crippen molar-refractivity contribution in [3.05, 3.63) is 29.3 Å². The smallest absolute Gasteiger partial charge is 0.0667 e. The number of hydrogen-bond acceptors (Lipinski definition) is 3. The Balaban J connectivity index is 1.48. The Morgan fingerprint density at radius 2 is 1.43 bits per heavy atom. The number of piperazine rings is 1. The van der Waals surface area contributed by atoms with E-state index >= 15 is 0 Å². The highest BCUT2D eigenvalue weighted by Crippen LogP contribution is 2.26. The molecule has 1 unspecified atom stereocenters. The van der Waals surface area contributed by atoms with Crippen LogP contribution < -0.4 is 4.90 Å². The number of aliphatic hydroxyl groups excluding tert-OH is 1. The van der Waals surface area contributed by atoms with Crippen molar-refractivity contribution in [2.24, 2.45) is 0 Å². The number of rotatable bonds is 14. The number of nitrogens with zero attached hydrogens (tertiary/aromatic N) is 2. The Morgan fingerprint density at radius 3 is 2.04 bits per heavy atom. The highest BCUT2D eigenvalue weighted by molar-refractivity contribution is 6.33. The molecule has 1 heterocycles. The van der Waals surface area contributed by atoms with Gasteiger partial charge in [-0.15, -0.1) is 0 Å². The monoisotopic (exact) mass is 408 g/mol. The molecule has 0 aromatic heterocycles. The predicted octanol–water partition coefficient (Wildman–Crippen LogP) is 6.13. The van der Waals surface area contributed by atoms with Crippen LogP contribution in [0.4, 0.5) is 5.69 Å². The first-order chi connectivity index (χ1) is 13.7. The van der Waals surface area contributed by atoms with E-state index in [1.54, 1.807) is 0 Å². The summed E-state index contributed by atoms with van der Waals surface area (Å²) in [6.07, 6.45) is 14.2. The molecule has 1 aliphatic rings. The van der Waals surface area contributed by atoms with Gasteiger partial charge in [-0.25, -0.2) is 0 Å². The van der Waals surface area contributed by atoms with Gasteiger partial charge in [0.05, 0.1) is 16.8 Å². The van der Waals surface area contributed by atoms with Crippen LogP contribution in [0.1, 0.15) is 77.6 Å². The Morgan fingerprint density at radius 1 is 0.857 bits per heavy atom. The maximum Gasteiger partial charge on any atom is 0.0667 e. The van der Waals surface area contributed by atoms with E-state index in [1.807, 2.05) is 18.2 Å². The Hall–Kier alpha value is -0.770.